The van der Waals surface area contributed by atoms with Gasteiger partial charge in [0, 0.05) is 0 Å². The topological polar surface area (TPSA) is 73.3 Å². The minimum Gasteiger partial charge on any atom is -0.465 e. The Kier molecular flexibility index (Phi) is 5.37. The molecule has 0 saturated heterocycles. The van der Waals surface area contributed by atoms with E-state index in [1.54, 1.807) is 6.92 Å². The summed E-state index contributed by atoms with van der Waals surface area (Å²) in [5.41, 5.74) is 0.379. The van der Waals surface area contributed by atoms with Gasteiger partial charge in [0.05, 0.1) is 12.4 Å². The second-order valence-corrected chi connectivity index (χ2v) is 6.30. The molecule has 1 aromatic heterocycles. The fourth-order valence-corrected chi connectivity index (χ4v) is 3.01. The van der Waals surface area contributed by atoms with E-state index in [0.717, 1.165) is 0 Å². The van der Waals surface area contributed by atoms with Crippen LogP contribution in [0.2, 0.25) is 10.3 Å². The highest BCUT2D eigenvalue weighted by Crippen LogP contribution is 2.17. The molecule has 0 unspecified atom stereocenters. The number of ether oxygens (including phenoxy) is 1. The number of carbonyl (C=O) groups is 1. The summed E-state index contributed by atoms with van der Waals surface area (Å²) in [6.45, 7) is 1.74. The molecule has 8 heteroatoms. The Morgan fingerprint density at radius 2 is 1.89 bits per heavy atom. The minimum absolute atomic E-state index is 0.101. The highest BCUT2D eigenvalue weighted by atomic mass is 35.5. The van der Waals surface area contributed by atoms with Crippen molar-refractivity contribution in [3.63, 3.8) is 0 Å². The number of hydrogen-bond donors (Lipinski definition) is 0. The highest BCUT2D eigenvalue weighted by molar-refractivity contribution is 7.91. The van der Waals surface area contributed by atoms with Gasteiger partial charge in [-0.2, -0.15) is 0 Å². The molecule has 0 radical (unpaired) electrons. The maximum Gasteiger partial charge on any atom is 0.321 e. The van der Waals surface area contributed by atoms with Gasteiger partial charge < -0.3 is 4.74 Å². The molecule has 1 aromatic rings. The predicted molar refractivity (Wildman–Crippen MR) is 68.4 cm³/mol. The van der Waals surface area contributed by atoms with E-state index >= 15 is 0 Å². The molecule has 0 N–H and O–H groups in total. The highest BCUT2D eigenvalue weighted by Gasteiger charge is 2.18. The number of hydrogen-bond acceptors (Lipinski definition) is 5. The average molecular weight is 312 g/mol. The molecule has 0 saturated carbocycles. The molecule has 1 rings (SSSR count). The molecule has 100 valence electrons. The Bertz CT molecular complexity index is 525. The first-order valence-corrected chi connectivity index (χ1v) is 7.58. The molecule has 0 amide bonds. The first kappa shape index (κ1) is 15.2. The third-order valence-electron chi connectivity index (χ3n) is 1.85. The molecule has 5 nitrogen and oxygen atoms in total. The third kappa shape index (κ3) is 5.20. The number of pyridine rings is 1. The van der Waals surface area contributed by atoms with Crippen molar-refractivity contribution in [1.82, 2.24) is 4.98 Å². The fourth-order valence-electron chi connectivity index (χ4n) is 1.28. The van der Waals surface area contributed by atoms with E-state index in [-0.39, 0.29) is 22.7 Å². The molecule has 0 aliphatic heterocycles. The van der Waals surface area contributed by atoms with Gasteiger partial charge in [-0.3, -0.25) is 4.79 Å². The van der Waals surface area contributed by atoms with Crippen molar-refractivity contribution in [3.8, 4) is 0 Å². The normalized spacial score (nSPS) is 11.3. The molecule has 0 bridgehead atoms. The van der Waals surface area contributed by atoms with Gasteiger partial charge in [0.2, 0.25) is 0 Å². The molecule has 18 heavy (non-hydrogen) atoms. The zero-order valence-electron chi connectivity index (χ0n) is 9.52. The lowest BCUT2D eigenvalue weighted by Gasteiger charge is -2.05. The van der Waals surface area contributed by atoms with Crippen molar-refractivity contribution in [2.24, 2.45) is 0 Å². The van der Waals surface area contributed by atoms with Crippen molar-refractivity contribution < 1.29 is 17.9 Å². The van der Waals surface area contributed by atoms with Crippen LogP contribution < -0.4 is 0 Å². The van der Waals surface area contributed by atoms with Crippen molar-refractivity contribution in [2.75, 3.05) is 12.4 Å². The van der Waals surface area contributed by atoms with Crippen molar-refractivity contribution in [2.45, 2.75) is 12.7 Å². The summed E-state index contributed by atoms with van der Waals surface area (Å²) >= 11 is 11.3. The van der Waals surface area contributed by atoms with E-state index in [2.05, 4.69) is 9.72 Å². The standard InChI is InChI=1S/C10H11Cl2NO4S/c1-2-17-10(14)6-18(15,16)5-7-3-8(11)13-9(12)4-7/h3-4H,2,5-6H2,1H3. The van der Waals surface area contributed by atoms with Crippen LogP contribution >= 0.6 is 23.2 Å². The maximum absolute atomic E-state index is 11.7. The number of sulfone groups is 1. The Morgan fingerprint density at radius 1 is 1.33 bits per heavy atom. The van der Waals surface area contributed by atoms with E-state index in [1.165, 1.54) is 12.1 Å². The SMILES string of the molecule is CCOC(=O)CS(=O)(=O)Cc1cc(Cl)nc(Cl)c1. The number of halogens is 2. The van der Waals surface area contributed by atoms with E-state index < -0.39 is 21.6 Å². The average Bonchev–Trinajstić information content (AvgIpc) is 2.13. The van der Waals surface area contributed by atoms with Gasteiger partial charge in [-0.05, 0) is 24.6 Å². The summed E-state index contributed by atoms with van der Waals surface area (Å²) in [4.78, 5) is 14.8. The van der Waals surface area contributed by atoms with Crippen molar-refractivity contribution in [3.05, 3.63) is 28.0 Å². The molecule has 0 aromatic carbocycles. The Labute approximate surface area is 115 Å². The second kappa shape index (κ2) is 6.36. The monoisotopic (exact) mass is 311 g/mol. The smallest absolute Gasteiger partial charge is 0.321 e. The molecule has 0 aliphatic carbocycles. The largest absolute Gasteiger partial charge is 0.465 e. The first-order chi connectivity index (χ1) is 8.32. The van der Waals surface area contributed by atoms with Crippen LogP contribution in [0.5, 0.6) is 0 Å². The van der Waals surface area contributed by atoms with Crippen molar-refractivity contribution >= 4 is 39.0 Å². The molecule has 0 fully saturated rings. The van der Waals surface area contributed by atoms with Gasteiger partial charge in [0.15, 0.2) is 9.84 Å². The Morgan fingerprint density at radius 3 is 2.39 bits per heavy atom. The van der Waals surface area contributed by atoms with Crippen LogP contribution in [0, 0.1) is 0 Å². The molecular formula is C10H11Cl2NO4S. The molecule has 0 atom stereocenters. The van der Waals surface area contributed by atoms with Gasteiger partial charge in [0.1, 0.15) is 16.1 Å². The molecule has 1 heterocycles. The number of nitrogens with zero attached hydrogens (tertiary/aromatic N) is 1. The number of rotatable bonds is 5. The lowest BCUT2D eigenvalue weighted by molar-refractivity contribution is -0.139. The second-order valence-electron chi connectivity index (χ2n) is 3.46. The zero-order valence-corrected chi connectivity index (χ0v) is 11.8. The van der Waals surface area contributed by atoms with Crippen LogP contribution in [0.4, 0.5) is 0 Å². The van der Waals surface area contributed by atoms with Gasteiger partial charge >= 0.3 is 5.97 Å². The third-order valence-corrected chi connectivity index (χ3v) is 3.69. The zero-order chi connectivity index (χ0) is 13.8. The summed E-state index contributed by atoms with van der Waals surface area (Å²) in [6.07, 6.45) is 0. The van der Waals surface area contributed by atoms with E-state index in [1.807, 2.05) is 0 Å². The summed E-state index contributed by atoms with van der Waals surface area (Å²) in [5, 5.41) is 0.202. The number of esters is 1. The molecule has 0 aliphatic rings. The predicted octanol–water partition coefficient (Wildman–Crippen LogP) is 1.87. The van der Waals surface area contributed by atoms with Gasteiger partial charge in [0.25, 0.3) is 0 Å². The number of carbonyl (C=O) groups excluding carboxylic acids is 1. The summed E-state index contributed by atoms with van der Waals surface area (Å²) in [7, 11) is -3.61. The van der Waals surface area contributed by atoms with Crippen LogP contribution in [-0.4, -0.2) is 31.7 Å². The van der Waals surface area contributed by atoms with Crippen molar-refractivity contribution in [1.29, 1.82) is 0 Å². The van der Waals surface area contributed by atoms with Crippen LogP contribution in [0.25, 0.3) is 0 Å². The first-order valence-electron chi connectivity index (χ1n) is 5.00. The van der Waals surface area contributed by atoms with E-state index in [0.29, 0.717) is 5.56 Å². The summed E-state index contributed by atoms with van der Waals surface area (Å²) < 4.78 is 28.0. The van der Waals surface area contributed by atoms with Gasteiger partial charge in [-0.1, -0.05) is 23.2 Å². The summed E-state index contributed by atoms with van der Waals surface area (Å²) in [5.74, 6) is -1.78. The van der Waals surface area contributed by atoms with Gasteiger partial charge in [-0.15, -0.1) is 0 Å². The Balaban J connectivity index is 2.79. The van der Waals surface area contributed by atoms with Crippen LogP contribution in [0.1, 0.15) is 12.5 Å². The summed E-state index contributed by atoms with van der Waals surface area (Å²) in [6, 6.07) is 2.77. The van der Waals surface area contributed by atoms with Crippen LogP contribution in [0.3, 0.4) is 0 Å². The number of aromatic nitrogens is 1. The van der Waals surface area contributed by atoms with E-state index in [9.17, 15) is 13.2 Å². The minimum atomic E-state index is -3.61. The lowest BCUT2D eigenvalue weighted by atomic mass is 10.3. The van der Waals surface area contributed by atoms with Crippen LogP contribution in [-0.2, 0) is 25.1 Å². The van der Waals surface area contributed by atoms with Gasteiger partial charge in [-0.25, -0.2) is 13.4 Å². The molecule has 0 spiro atoms. The molecular weight excluding hydrogens is 301 g/mol. The maximum atomic E-state index is 11.7. The lowest BCUT2D eigenvalue weighted by Crippen LogP contribution is -2.20. The Hall–Kier alpha value is -0.850. The van der Waals surface area contributed by atoms with E-state index in [4.69, 9.17) is 23.2 Å². The quantitative estimate of drug-likeness (QED) is 0.613. The van der Waals surface area contributed by atoms with Crippen LogP contribution in [0.15, 0.2) is 12.1 Å². The fraction of sp³-hybridized carbons (Fsp3) is 0.400.